The standard InChI is InChI=1S/C18H25N3O4/c1-18(2,3)25-17(23)21-10-9-20(14-7-8-15(14)21)12-5-6-13(19-11-12)16(22)24-4/h5-6,11,14-15H,7-10H2,1-4H3. The van der Waals surface area contributed by atoms with Gasteiger partial charge in [-0.15, -0.1) is 0 Å². The Kier molecular flexibility index (Phi) is 4.58. The molecule has 0 spiro atoms. The molecule has 2 aliphatic rings. The van der Waals surface area contributed by atoms with Gasteiger partial charge in [0, 0.05) is 19.1 Å². The fourth-order valence-electron chi connectivity index (χ4n) is 3.39. The molecule has 0 aromatic carbocycles. The molecule has 0 radical (unpaired) electrons. The van der Waals surface area contributed by atoms with E-state index in [1.165, 1.54) is 7.11 Å². The summed E-state index contributed by atoms with van der Waals surface area (Å²) in [6.45, 7) is 6.99. The van der Waals surface area contributed by atoms with E-state index in [-0.39, 0.29) is 18.2 Å². The number of carbonyl (C=O) groups excluding carboxylic acids is 2. The molecule has 136 valence electrons. The summed E-state index contributed by atoms with van der Waals surface area (Å²) in [5.41, 5.74) is 0.774. The number of hydrogen-bond acceptors (Lipinski definition) is 6. The van der Waals surface area contributed by atoms with Gasteiger partial charge < -0.3 is 19.3 Å². The van der Waals surface area contributed by atoms with E-state index in [0.29, 0.717) is 12.2 Å². The van der Waals surface area contributed by atoms with Crippen LogP contribution in [0.5, 0.6) is 0 Å². The molecule has 0 N–H and O–H groups in total. The first-order chi connectivity index (χ1) is 11.8. The highest BCUT2D eigenvalue weighted by Crippen LogP contribution is 2.37. The number of esters is 1. The molecule has 1 saturated carbocycles. The largest absolute Gasteiger partial charge is 0.464 e. The molecule has 7 heteroatoms. The van der Waals surface area contributed by atoms with Crippen LogP contribution in [0, 0.1) is 0 Å². The maximum Gasteiger partial charge on any atom is 0.410 e. The van der Waals surface area contributed by atoms with Gasteiger partial charge in [0.2, 0.25) is 0 Å². The number of rotatable bonds is 2. The number of methoxy groups -OCH3 is 1. The second-order valence-electron chi connectivity index (χ2n) is 7.47. The van der Waals surface area contributed by atoms with E-state index in [1.54, 1.807) is 12.3 Å². The number of fused-ring (bicyclic) bond motifs is 1. The summed E-state index contributed by atoms with van der Waals surface area (Å²) in [4.78, 5) is 32.2. The summed E-state index contributed by atoms with van der Waals surface area (Å²) >= 11 is 0. The second kappa shape index (κ2) is 6.54. The number of carbonyl (C=O) groups is 2. The predicted molar refractivity (Wildman–Crippen MR) is 92.7 cm³/mol. The van der Waals surface area contributed by atoms with Crippen molar-refractivity contribution in [1.82, 2.24) is 9.88 Å². The molecular formula is C18H25N3O4. The zero-order valence-electron chi connectivity index (χ0n) is 15.2. The Balaban J connectivity index is 1.69. The Hall–Kier alpha value is -2.31. The minimum atomic E-state index is -0.485. The molecule has 2 unspecified atom stereocenters. The lowest BCUT2D eigenvalue weighted by atomic mass is 9.81. The van der Waals surface area contributed by atoms with Crippen LogP contribution < -0.4 is 4.90 Å². The summed E-state index contributed by atoms with van der Waals surface area (Å²) in [7, 11) is 1.34. The summed E-state index contributed by atoms with van der Waals surface area (Å²) in [5.74, 6) is -0.442. The van der Waals surface area contributed by atoms with Crippen LogP contribution in [0.4, 0.5) is 10.5 Å². The van der Waals surface area contributed by atoms with Crippen molar-refractivity contribution in [2.75, 3.05) is 25.1 Å². The van der Waals surface area contributed by atoms with Crippen molar-refractivity contribution < 1.29 is 19.1 Å². The van der Waals surface area contributed by atoms with Crippen LogP contribution in [0.25, 0.3) is 0 Å². The van der Waals surface area contributed by atoms with Gasteiger partial charge in [0.15, 0.2) is 0 Å². The highest BCUT2D eigenvalue weighted by atomic mass is 16.6. The monoisotopic (exact) mass is 347 g/mol. The number of ether oxygens (including phenoxy) is 2. The van der Waals surface area contributed by atoms with E-state index < -0.39 is 11.6 Å². The molecule has 1 aromatic rings. The molecule has 3 rings (SSSR count). The van der Waals surface area contributed by atoms with Crippen LogP contribution in [0.3, 0.4) is 0 Å². The molecule has 0 bridgehead atoms. The molecule has 1 aliphatic carbocycles. The number of nitrogens with zero attached hydrogens (tertiary/aromatic N) is 3. The highest BCUT2D eigenvalue weighted by Gasteiger charge is 2.46. The Morgan fingerprint density at radius 1 is 1.16 bits per heavy atom. The topological polar surface area (TPSA) is 72.0 Å². The minimum Gasteiger partial charge on any atom is -0.464 e. The van der Waals surface area contributed by atoms with Crippen molar-refractivity contribution in [3.8, 4) is 0 Å². The summed E-state index contributed by atoms with van der Waals surface area (Å²) in [5, 5.41) is 0. The van der Waals surface area contributed by atoms with Crippen molar-refractivity contribution in [3.05, 3.63) is 24.0 Å². The summed E-state index contributed by atoms with van der Waals surface area (Å²) in [6, 6.07) is 4.00. The number of piperazine rings is 1. The van der Waals surface area contributed by atoms with Gasteiger partial charge in [-0.05, 0) is 45.7 Å². The van der Waals surface area contributed by atoms with Gasteiger partial charge >= 0.3 is 12.1 Å². The number of amides is 1. The van der Waals surface area contributed by atoms with Crippen molar-refractivity contribution >= 4 is 17.7 Å². The van der Waals surface area contributed by atoms with Gasteiger partial charge in [0.25, 0.3) is 0 Å². The van der Waals surface area contributed by atoms with Crippen LogP contribution in [-0.2, 0) is 9.47 Å². The first-order valence-electron chi connectivity index (χ1n) is 8.61. The minimum absolute atomic E-state index is 0.170. The molecule has 1 amide bonds. The molecule has 1 aliphatic heterocycles. The maximum absolute atomic E-state index is 12.4. The number of hydrogen-bond donors (Lipinski definition) is 0. The zero-order chi connectivity index (χ0) is 18.2. The van der Waals surface area contributed by atoms with Crippen LogP contribution in [0.15, 0.2) is 18.3 Å². The van der Waals surface area contributed by atoms with Gasteiger partial charge in [0.05, 0.1) is 25.0 Å². The SMILES string of the molecule is COC(=O)c1ccc(N2CCN(C(=O)OC(C)(C)C)C3CCC32)cn1. The van der Waals surface area contributed by atoms with E-state index in [4.69, 9.17) is 4.74 Å². The lowest BCUT2D eigenvalue weighted by molar-refractivity contribution is -0.00447. The van der Waals surface area contributed by atoms with E-state index >= 15 is 0 Å². The summed E-state index contributed by atoms with van der Waals surface area (Å²) in [6.07, 6.45) is 3.47. The Morgan fingerprint density at radius 2 is 1.88 bits per heavy atom. The third kappa shape index (κ3) is 3.55. The third-order valence-electron chi connectivity index (χ3n) is 4.69. The summed E-state index contributed by atoms with van der Waals surface area (Å²) < 4.78 is 10.2. The lowest BCUT2D eigenvalue weighted by Crippen LogP contribution is -2.66. The zero-order valence-corrected chi connectivity index (χ0v) is 15.2. The molecule has 2 heterocycles. The Bertz CT molecular complexity index is 653. The maximum atomic E-state index is 12.4. The van der Waals surface area contributed by atoms with Crippen molar-refractivity contribution in [3.63, 3.8) is 0 Å². The lowest BCUT2D eigenvalue weighted by Gasteiger charge is -2.54. The Morgan fingerprint density at radius 3 is 2.40 bits per heavy atom. The average molecular weight is 347 g/mol. The number of aromatic nitrogens is 1. The fourth-order valence-corrected chi connectivity index (χ4v) is 3.39. The van der Waals surface area contributed by atoms with E-state index in [0.717, 1.165) is 25.1 Å². The van der Waals surface area contributed by atoms with Crippen molar-refractivity contribution in [2.24, 2.45) is 0 Å². The van der Waals surface area contributed by atoms with Gasteiger partial charge in [0.1, 0.15) is 11.3 Å². The first kappa shape index (κ1) is 17.5. The molecule has 2 fully saturated rings. The number of pyridine rings is 1. The van der Waals surface area contributed by atoms with Crippen LogP contribution in [0.1, 0.15) is 44.1 Å². The predicted octanol–water partition coefficient (Wildman–Crippen LogP) is 2.46. The molecule has 7 nitrogen and oxygen atoms in total. The third-order valence-corrected chi connectivity index (χ3v) is 4.69. The normalized spacial score (nSPS) is 22.7. The molecule has 2 atom stereocenters. The van der Waals surface area contributed by atoms with Gasteiger partial charge in [-0.3, -0.25) is 0 Å². The number of anilines is 1. The first-order valence-corrected chi connectivity index (χ1v) is 8.61. The average Bonchev–Trinajstić information content (AvgIpc) is 2.53. The van der Waals surface area contributed by atoms with E-state index in [1.807, 2.05) is 31.7 Å². The molecule has 25 heavy (non-hydrogen) atoms. The second-order valence-corrected chi connectivity index (χ2v) is 7.47. The van der Waals surface area contributed by atoms with Crippen molar-refractivity contribution in [2.45, 2.75) is 51.3 Å². The highest BCUT2D eigenvalue weighted by molar-refractivity contribution is 5.87. The molecular weight excluding hydrogens is 322 g/mol. The fraction of sp³-hybridized carbons (Fsp3) is 0.611. The quantitative estimate of drug-likeness (QED) is 0.765. The van der Waals surface area contributed by atoms with Crippen LogP contribution in [-0.4, -0.2) is 59.8 Å². The van der Waals surface area contributed by atoms with Crippen LogP contribution >= 0.6 is 0 Å². The van der Waals surface area contributed by atoms with Gasteiger partial charge in [-0.1, -0.05) is 0 Å². The smallest absolute Gasteiger partial charge is 0.410 e. The van der Waals surface area contributed by atoms with Crippen LogP contribution in [0.2, 0.25) is 0 Å². The van der Waals surface area contributed by atoms with E-state index in [2.05, 4.69) is 14.6 Å². The van der Waals surface area contributed by atoms with Gasteiger partial charge in [-0.25, -0.2) is 14.6 Å². The van der Waals surface area contributed by atoms with Gasteiger partial charge in [-0.2, -0.15) is 0 Å². The van der Waals surface area contributed by atoms with E-state index in [9.17, 15) is 9.59 Å². The van der Waals surface area contributed by atoms with Crippen molar-refractivity contribution in [1.29, 1.82) is 0 Å². The molecule has 1 saturated heterocycles. The Labute approximate surface area is 147 Å². The molecule has 1 aromatic heterocycles.